The lowest BCUT2D eigenvalue weighted by Gasteiger charge is -2.49. The van der Waals surface area contributed by atoms with Crippen molar-refractivity contribution in [1.82, 2.24) is 9.88 Å². The van der Waals surface area contributed by atoms with E-state index < -0.39 is 64.1 Å². The van der Waals surface area contributed by atoms with Crippen molar-refractivity contribution in [3.63, 3.8) is 0 Å². The average molecular weight is 939 g/mol. The molecule has 9 rings (SSSR count). The number of nitrogens with zero attached hydrogens (tertiary/aromatic N) is 3. The highest BCUT2D eigenvalue weighted by molar-refractivity contribution is 6.16. The van der Waals surface area contributed by atoms with Crippen LogP contribution in [0.2, 0.25) is 0 Å². The zero-order chi connectivity index (χ0) is 49.3. The quantitative estimate of drug-likeness (QED) is 0.126. The smallest absolute Gasteiger partial charge is 0.307 e. The Balaban J connectivity index is 1.33. The number of aliphatic hydroxyl groups excluding tert-OH is 2. The Kier molecular flexibility index (Phi) is 13.3. The minimum Gasteiger partial charge on any atom is -0.507 e. The monoisotopic (exact) mass is 938 g/mol. The molecule has 2 saturated heterocycles. The lowest BCUT2D eigenvalue weighted by Crippen LogP contribution is -2.56. The Hall–Kier alpha value is -5.52. The van der Waals surface area contributed by atoms with Gasteiger partial charge in [-0.2, -0.15) is 0 Å². The number of carbonyl (C=O) groups excluding carboxylic acids is 1. The summed E-state index contributed by atoms with van der Waals surface area (Å²) in [5, 5.41) is 38.4. The van der Waals surface area contributed by atoms with Crippen LogP contribution in [0.4, 0.5) is 11.4 Å². The number of hydrogen-bond donors (Lipinski definition) is 4. The zero-order valence-electron chi connectivity index (χ0n) is 41.1. The summed E-state index contributed by atoms with van der Waals surface area (Å²) in [6.07, 6.45) is 5.91. The fraction of sp³-hybridized carbons (Fsp3) is 0.538. The van der Waals surface area contributed by atoms with Crippen LogP contribution in [0.5, 0.6) is 11.5 Å². The van der Waals surface area contributed by atoms with Crippen molar-refractivity contribution in [3.05, 3.63) is 79.5 Å². The molecule has 2 fully saturated rings. The lowest BCUT2D eigenvalue weighted by atomic mass is 9.77. The highest BCUT2D eigenvalue weighted by atomic mass is 16.7. The molecule has 0 saturated carbocycles. The Morgan fingerprint density at radius 3 is 2.28 bits per heavy atom. The second kappa shape index (κ2) is 18.4. The summed E-state index contributed by atoms with van der Waals surface area (Å²) in [5.74, 6) is -5.17. The molecule has 1 aromatic heterocycles. The average Bonchev–Trinajstić information content (AvgIpc) is 3.55. The van der Waals surface area contributed by atoms with Gasteiger partial charge in [0.15, 0.2) is 28.2 Å². The molecule has 5 aliphatic rings. The molecule has 9 atom stereocenters. The van der Waals surface area contributed by atoms with Gasteiger partial charge in [-0.1, -0.05) is 59.8 Å². The maximum Gasteiger partial charge on any atom is 0.307 e. The highest BCUT2D eigenvalue weighted by Crippen LogP contribution is 2.43. The minimum atomic E-state index is -1.92. The number of amides is 1. The van der Waals surface area contributed by atoms with Crippen LogP contribution in [0.3, 0.4) is 0 Å². The van der Waals surface area contributed by atoms with Gasteiger partial charge in [-0.05, 0) is 39.7 Å². The van der Waals surface area contributed by atoms with E-state index in [9.17, 15) is 29.7 Å². The molecular formula is C52H66N4O12. The molecule has 4 aromatic rings. The number of carbonyl (C=O) groups is 1. The van der Waals surface area contributed by atoms with E-state index in [4.69, 9.17) is 33.1 Å². The normalized spacial score (nSPS) is 31.2. The molecule has 7 bridgehead atoms. The fourth-order valence-corrected chi connectivity index (χ4v) is 10.5. The Labute approximate surface area is 395 Å². The number of aromatic nitrogens is 1. The number of piperazine rings is 1. The highest BCUT2D eigenvalue weighted by Gasteiger charge is 2.48. The first-order valence-corrected chi connectivity index (χ1v) is 23.7. The number of anilines is 2. The molecule has 4 N–H and O–H groups in total. The molecule has 68 heavy (non-hydrogen) atoms. The lowest BCUT2D eigenvalue weighted by molar-refractivity contribution is -0.336. The summed E-state index contributed by atoms with van der Waals surface area (Å²) in [6, 6.07) is 3.21. The molecule has 16 nitrogen and oxygen atoms in total. The summed E-state index contributed by atoms with van der Waals surface area (Å²) in [6.45, 7) is 24.4. The topological polar surface area (TPSA) is 203 Å². The van der Waals surface area contributed by atoms with E-state index in [-0.39, 0.29) is 84.6 Å². The fourth-order valence-electron chi connectivity index (χ4n) is 10.5. The summed E-state index contributed by atoms with van der Waals surface area (Å²) in [5.41, 5.74) is -0.917. The second-order valence-corrected chi connectivity index (χ2v) is 20.2. The van der Waals surface area contributed by atoms with Crippen LogP contribution in [-0.4, -0.2) is 107 Å². The third-order valence-electron chi connectivity index (χ3n) is 14.3. The number of methoxy groups -OCH3 is 1. The zero-order valence-corrected chi connectivity index (χ0v) is 41.1. The van der Waals surface area contributed by atoms with E-state index in [1.54, 1.807) is 31.2 Å². The van der Waals surface area contributed by atoms with Crippen molar-refractivity contribution >= 4 is 56.0 Å². The maximum atomic E-state index is 14.9. The molecule has 366 valence electrons. The van der Waals surface area contributed by atoms with Crippen LogP contribution in [0, 0.1) is 36.5 Å². The van der Waals surface area contributed by atoms with Crippen molar-refractivity contribution < 1.29 is 48.2 Å². The standard InChI is InChI=1S/C52H66N4O12/c1-25(2)24-55-17-19-56(20-18-55)32-22-33(57)39-35(23-32)65-48-40(53-39)36-37-43(59)30(7)47-38(36)49(61)52(11,68-47)64-21-16-34(63-12)28(5)42(58)29(6)46-31(8)45(66-51(9,10)67-46)26(3)14-13-15-27(4)50(62)54-41(48)44(37)60/h13-16,21-23,25-26,28-29,31,34,42,45-46,58-59,61H,17-20,24H2,1-12H3,(H,54,62)/b14-13+,21-16+,27-15-. The number of phenols is 1. The van der Waals surface area contributed by atoms with Crippen molar-refractivity contribution in [2.75, 3.05) is 50.1 Å². The van der Waals surface area contributed by atoms with Gasteiger partial charge in [-0.3, -0.25) is 19.3 Å². The number of aliphatic hydroxyl groups is 2. The molecule has 0 spiro atoms. The van der Waals surface area contributed by atoms with Gasteiger partial charge in [0.1, 0.15) is 22.7 Å². The molecular weight excluding hydrogens is 873 g/mol. The molecule has 3 aromatic carbocycles. The van der Waals surface area contributed by atoms with Crippen LogP contribution >= 0.6 is 0 Å². The number of phenolic OH excluding ortho intramolecular Hbond substituents is 1. The van der Waals surface area contributed by atoms with E-state index >= 15 is 0 Å². The van der Waals surface area contributed by atoms with Gasteiger partial charge in [0, 0.05) is 105 Å². The van der Waals surface area contributed by atoms with E-state index in [0.717, 1.165) is 19.6 Å². The van der Waals surface area contributed by atoms with Crippen LogP contribution < -0.4 is 31.0 Å². The van der Waals surface area contributed by atoms with Crippen LogP contribution in [0.1, 0.15) is 74.8 Å². The Morgan fingerprint density at radius 2 is 1.60 bits per heavy atom. The number of benzene rings is 3. The predicted octanol–water partition coefficient (Wildman–Crippen LogP) is 6.57. The molecule has 1 amide bonds. The largest absolute Gasteiger partial charge is 0.507 e. The van der Waals surface area contributed by atoms with Gasteiger partial charge >= 0.3 is 5.79 Å². The van der Waals surface area contributed by atoms with Crippen LogP contribution in [-0.2, 0) is 23.7 Å². The third-order valence-corrected chi connectivity index (χ3v) is 14.3. The number of aromatic hydroxyl groups is 1. The SMILES string of the molecule is COC1/C=C/OC2(C)Oc3c(C)c(O)c4c(=O)c(c5oc6cc(N7CCN(CC(C)C)CC7)cc(=O)c6nc5c4c3=C2O)NC(=O)/C(C)=C\C=C\C(C)C2OC(C)(C)OC(C(C)C(O)C1C)C2C. The van der Waals surface area contributed by atoms with E-state index in [1.807, 2.05) is 47.6 Å². The predicted molar refractivity (Wildman–Crippen MR) is 261 cm³/mol. The van der Waals surface area contributed by atoms with Crippen molar-refractivity contribution in [1.29, 1.82) is 0 Å². The third kappa shape index (κ3) is 8.74. The summed E-state index contributed by atoms with van der Waals surface area (Å²) >= 11 is 0. The van der Waals surface area contributed by atoms with Gasteiger partial charge in [0.25, 0.3) is 5.91 Å². The van der Waals surface area contributed by atoms with Crippen molar-refractivity contribution in [2.45, 2.75) is 112 Å². The summed E-state index contributed by atoms with van der Waals surface area (Å²) < 4.78 is 37.9. The van der Waals surface area contributed by atoms with Gasteiger partial charge < -0.3 is 53.6 Å². The number of fused-ring (bicyclic) bond motifs is 10. The first kappa shape index (κ1) is 48.9. The summed E-state index contributed by atoms with van der Waals surface area (Å²) in [4.78, 5) is 52.5. The van der Waals surface area contributed by atoms with Gasteiger partial charge in [-0.25, -0.2) is 4.98 Å². The number of hydrogen-bond acceptors (Lipinski definition) is 15. The first-order valence-electron chi connectivity index (χ1n) is 23.7. The Bertz CT molecular complexity index is 2920. The number of allylic oxidation sites excluding steroid dienone is 2. The van der Waals surface area contributed by atoms with Gasteiger partial charge in [0.2, 0.25) is 10.9 Å². The van der Waals surface area contributed by atoms with Gasteiger partial charge in [0.05, 0.1) is 41.3 Å². The second-order valence-electron chi connectivity index (χ2n) is 20.2. The van der Waals surface area contributed by atoms with Gasteiger partial charge in [-0.15, -0.1) is 0 Å². The molecule has 16 heteroatoms. The number of rotatable bonds is 4. The molecule has 0 aliphatic carbocycles. The van der Waals surface area contributed by atoms with E-state index in [2.05, 4.69) is 29.0 Å². The minimum absolute atomic E-state index is 0.00452. The molecule has 5 aliphatic heterocycles. The van der Waals surface area contributed by atoms with Crippen LogP contribution in [0.25, 0.3) is 38.7 Å². The maximum absolute atomic E-state index is 14.9. The van der Waals surface area contributed by atoms with Crippen LogP contribution in [0.15, 0.2) is 62.3 Å². The first-order chi connectivity index (χ1) is 32.0. The Morgan fingerprint density at radius 1 is 0.912 bits per heavy atom. The van der Waals surface area contributed by atoms with E-state index in [1.165, 1.54) is 33.3 Å². The van der Waals surface area contributed by atoms with Crippen molar-refractivity contribution in [3.8, 4) is 11.5 Å². The molecule has 0 radical (unpaired) electrons. The number of ether oxygens (including phenoxy) is 5. The van der Waals surface area contributed by atoms with E-state index in [0.29, 0.717) is 24.7 Å². The summed E-state index contributed by atoms with van der Waals surface area (Å²) in [7, 11) is 1.52. The molecule has 6 heterocycles. The molecule has 9 unspecified atom stereocenters. The van der Waals surface area contributed by atoms with Crippen molar-refractivity contribution in [2.24, 2.45) is 29.6 Å². The number of nitrogens with one attached hydrogen (secondary N) is 1.